The lowest BCUT2D eigenvalue weighted by Crippen LogP contribution is -2.19. The molecule has 19 heavy (non-hydrogen) atoms. The molecule has 0 amide bonds. The SMILES string of the molecule is CNC(Cc1nc(C(C)(C)C)ns1)c1ccccc1. The molecule has 0 bridgehead atoms. The number of hydrogen-bond donors (Lipinski definition) is 1. The molecule has 0 saturated heterocycles. The highest BCUT2D eigenvalue weighted by Gasteiger charge is 2.20. The number of nitrogens with one attached hydrogen (secondary N) is 1. The topological polar surface area (TPSA) is 37.8 Å². The summed E-state index contributed by atoms with van der Waals surface area (Å²) in [7, 11) is 1.99. The molecular weight excluding hydrogens is 254 g/mol. The van der Waals surface area contributed by atoms with Crippen LogP contribution in [-0.2, 0) is 11.8 Å². The summed E-state index contributed by atoms with van der Waals surface area (Å²) in [6.45, 7) is 6.43. The molecule has 0 aliphatic rings. The van der Waals surface area contributed by atoms with E-state index in [0.29, 0.717) is 6.04 Å². The Morgan fingerprint density at radius 1 is 1.21 bits per heavy atom. The fourth-order valence-electron chi connectivity index (χ4n) is 1.89. The summed E-state index contributed by atoms with van der Waals surface area (Å²) in [6, 6.07) is 10.8. The van der Waals surface area contributed by atoms with E-state index in [1.807, 2.05) is 13.1 Å². The molecule has 1 heterocycles. The third-order valence-corrected chi connectivity index (χ3v) is 3.80. The van der Waals surface area contributed by atoms with Crippen LogP contribution < -0.4 is 5.32 Å². The number of nitrogens with zero attached hydrogens (tertiary/aromatic N) is 2. The molecule has 2 rings (SSSR count). The number of hydrogen-bond acceptors (Lipinski definition) is 4. The second kappa shape index (κ2) is 5.80. The number of benzene rings is 1. The predicted molar refractivity (Wildman–Crippen MR) is 80.6 cm³/mol. The molecule has 0 saturated carbocycles. The molecule has 102 valence electrons. The Balaban J connectivity index is 2.13. The fourth-order valence-corrected chi connectivity index (χ4v) is 2.76. The highest BCUT2D eigenvalue weighted by Crippen LogP contribution is 2.24. The second-order valence-electron chi connectivity index (χ2n) is 5.72. The molecular formula is C15H21N3S. The van der Waals surface area contributed by atoms with Crippen LogP contribution >= 0.6 is 11.5 Å². The molecule has 1 unspecified atom stereocenters. The van der Waals surface area contributed by atoms with Gasteiger partial charge in [0.1, 0.15) is 10.8 Å². The first-order valence-corrected chi connectivity index (χ1v) is 7.33. The quantitative estimate of drug-likeness (QED) is 0.930. The Bertz CT molecular complexity index is 514. The van der Waals surface area contributed by atoms with Gasteiger partial charge >= 0.3 is 0 Å². The van der Waals surface area contributed by atoms with E-state index in [1.54, 1.807) is 0 Å². The summed E-state index contributed by atoms with van der Waals surface area (Å²) in [5.41, 5.74) is 1.31. The van der Waals surface area contributed by atoms with Gasteiger partial charge in [0.2, 0.25) is 0 Å². The van der Waals surface area contributed by atoms with Crippen LogP contribution in [0.3, 0.4) is 0 Å². The van der Waals surface area contributed by atoms with E-state index >= 15 is 0 Å². The molecule has 2 aromatic rings. The van der Waals surface area contributed by atoms with Gasteiger partial charge in [0, 0.05) is 17.9 Å². The standard InChI is InChI=1S/C15H21N3S/c1-15(2,3)14-17-13(19-18-14)10-12(16-4)11-8-6-5-7-9-11/h5-9,12,16H,10H2,1-4H3. The summed E-state index contributed by atoms with van der Waals surface area (Å²) >= 11 is 1.51. The highest BCUT2D eigenvalue weighted by molar-refractivity contribution is 7.05. The van der Waals surface area contributed by atoms with Gasteiger partial charge in [-0.3, -0.25) is 0 Å². The first-order chi connectivity index (χ1) is 9.00. The Morgan fingerprint density at radius 2 is 1.89 bits per heavy atom. The van der Waals surface area contributed by atoms with E-state index in [2.05, 4.69) is 59.7 Å². The van der Waals surface area contributed by atoms with Gasteiger partial charge in [0.05, 0.1) is 0 Å². The first kappa shape index (κ1) is 14.2. The van der Waals surface area contributed by atoms with Crippen LogP contribution in [0.1, 0.15) is 43.2 Å². The number of rotatable bonds is 4. The van der Waals surface area contributed by atoms with Crippen molar-refractivity contribution in [2.75, 3.05) is 7.05 Å². The van der Waals surface area contributed by atoms with Gasteiger partial charge in [-0.05, 0) is 24.1 Å². The van der Waals surface area contributed by atoms with E-state index in [-0.39, 0.29) is 5.41 Å². The minimum Gasteiger partial charge on any atom is -0.313 e. The molecule has 0 fully saturated rings. The maximum atomic E-state index is 4.66. The largest absolute Gasteiger partial charge is 0.313 e. The van der Waals surface area contributed by atoms with Crippen molar-refractivity contribution in [3.05, 3.63) is 46.7 Å². The van der Waals surface area contributed by atoms with E-state index in [0.717, 1.165) is 17.3 Å². The zero-order valence-corrected chi connectivity index (χ0v) is 12.8. The molecule has 4 heteroatoms. The third-order valence-electron chi connectivity index (χ3n) is 3.07. The van der Waals surface area contributed by atoms with Crippen molar-refractivity contribution in [2.45, 2.75) is 38.6 Å². The van der Waals surface area contributed by atoms with E-state index in [9.17, 15) is 0 Å². The van der Waals surface area contributed by atoms with Gasteiger partial charge in [-0.1, -0.05) is 51.1 Å². The van der Waals surface area contributed by atoms with Gasteiger partial charge in [-0.15, -0.1) is 0 Å². The molecule has 1 aromatic carbocycles. The van der Waals surface area contributed by atoms with Gasteiger partial charge in [-0.25, -0.2) is 4.98 Å². The van der Waals surface area contributed by atoms with E-state index in [4.69, 9.17) is 0 Å². The van der Waals surface area contributed by atoms with Crippen LogP contribution in [-0.4, -0.2) is 16.4 Å². The zero-order chi connectivity index (χ0) is 13.9. The predicted octanol–water partition coefficient (Wildman–Crippen LogP) is 3.34. The summed E-state index contributed by atoms with van der Waals surface area (Å²) in [5.74, 6) is 0.940. The van der Waals surface area contributed by atoms with E-state index < -0.39 is 0 Å². The molecule has 0 aliphatic heterocycles. The molecule has 0 aliphatic carbocycles. The van der Waals surface area contributed by atoms with Crippen molar-refractivity contribution in [2.24, 2.45) is 0 Å². The van der Waals surface area contributed by atoms with E-state index in [1.165, 1.54) is 17.1 Å². The maximum Gasteiger partial charge on any atom is 0.147 e. The van der Waals surface area contributed by atoms with Crippen molar-refractivity contribution >= 4 is 11.5 Å². The Morgan fingerprint density at radius 3 is 2.42 bits per heavy atom. The molecule has 1 N–H and O–H groups in total. The van der Waals surface area contributed by atoms with Crippen LogP contribution in [0.25, 0.3) is 0 Å². The van der Waals surface area contributed by atoms with Gasteiger partial charge < -0.3 is 5.32 Å². The monoisotopic (exact) mass is 275 g/mol. The van der Waals surface area contributed by atoms with Crippen LogP contribution in [0, 0.1) is 0 Å². The van der Waals surface area contributed by atoms with Crippen molar-refractivity contribution < 1.29 is 0 Å². The van der Waals surface area contributed by atoms with Crippen LogP contribution in [0.2, 0.25) is 0 Å². The summed E-state index contributed by atoms with van der Waals surface area (Å²) in [5, 5.41) is 4.44. The smallest absolute Gasteiger partial charge is 0.147 e. The third kappa shape index (κ3) is 3.61. The van der Waals surface area contributed by atoms with Gasteiger partial charge in [0.15, 0.2) is 0 Å². The molecule has 1 atom stereocenters. The van der Waals surface area contributed by atoms with Crippen LogP contribution in [0.4, 0.5) is 0 Å². The first-order valence-electron chi connectivity index (χ1n) is 6.56. The summed E-state index contributed by atoms with van der Waals surface area (Å²) < 4.78 is 4.47. The minimum absolute atomic E-state index is 0.0244. The average Bonchev–Trinajstić information content (AvgIpc) is 2.85. The van der Waals surface area contributed by atoms with Gasteiger partial charge in [0.25, 0.3) is 0 Å². The Labute approximate surface area is 119 Å². The molecule has 3 nitrogen and oxygen atoms in total. The van der Waals surface area contributed by atoms with Crippen LogP contribution in [0.15, 0.2) is 30.3 Å². The van der Waals surface area contributed by atoms with Crippen molar-refractivity contribution in [1.82, 2.24) is 14.7 Å². The summed E-state index contributed by atoms with van der Waals surface area (Å²) in [6.07, 6.45) is 0.883. The molecule has 0 radical (unpaired) electrons. The fraction of sp³-hybridized carbons (Fsp3) is 0.467. The lowest BCUT2D eigenvalue weighted by atomic mass is 9.96. The highest BCUT2D eigenvalue weighted by atomic mass is 32.1. The van der Waals surface area contributed by atoms with Gasteiger partial charge in [-0.2, -0.15) is 4.37 Å². The zero-order valence-electron chi connectivity index (χ0n) is 12.0. The molecule has 0 spiro atoms. The van der Waals surface area contributed by atoms with Crippen molar-refractivity contribution in [3.8, 4) is 0 Å². The average molecular weight is 275 g/mol. The number of aromatic nitrogens is 2. The Hall–Kier alpha value is -1.26. The normalized spacial score (nSPS) is 13.5. The molecule has 1 aromatic heterocycles. The Kier molecular flexibility index (Phi) is 4.32. The second-order valence-corrected chi connectivity index (χ2v) is 6.55. The van der Waals surface area contributed by atoms with Crippen molar-refractivity contribution in [3.63, 3.8) is 0 Å². The van der Waals surface area contributed by atoms with Crippen molar-refractivity contribution in [1.29, 1.82) is 0 Å². The van der Waals surface area contributed by atoms with Crippen LogP contribution in [0.5, 0.6) is 0 Å². The lowest BCUT2D eigenvalue weighted by molar-refractivity contribution is 0.546. The maximum absolute atomic E-state index is 4.66. The summed E-state index contributed by atoms with van der Waals surface area (Å²) in [4.78, 5) is 4.66. The number of likely N-dealkylation sites (N-methyl/N-ethyl adjacent to an activating group) is 1. The minimum atomic E-state index is 0.0244. The lowest BCUT2D eigenvalue weighted by Gasteiger charge is -2.15.